The highest BCUT2D eigenvalue weighted by Crippen LogP contribution is 2.27. The fourth-order valence-corrected chi connectivity index (χ4v) is 4.00. The Morgan fingerprint density at radius 2 is 2.00 bits per heavy atom. The molecule has 1 aliphatic rings. The second-order valence-electron chi connectivity index (χ2n) is 7.11. The van der Waals surface area contributed by atoms with Gasteiger partial charge in [0.05, 0.1) is 0 Å². The van der Waals surface area contributed by atoms with Gasteiger partial charge in [-0.3, -0.25) is 0 Å². The number of fused-ring (bicyclic) bond motifs is 2. The van der Waals surface area contributed by atoms with Crippen LogP contribution in [-0.2, 0) is 13.0 Å². The third-order valence-corrected chi connectivity index (χ3v) is 5.56. The van der Waals surface area contributed by atoms with Crippen LogP contribution in [0.4, 0.5) is 0 Å². The van der Waals surface area contributed by atoms with Crippen molar-refractivity contribution >= 4 is 11.0 Å². The van der Waals surface area contributed by atoms with E-state index >= 15 is 0 Å². The molecule has 3 nitrogen and oxygen atoms in total. The van der Waals surface area contributed by atoms with Crippen LogP contribution in [0.25, 0.3) is 11.0 Å². The average molecular weight is 334 g/mol. The second-order valence-corrected chi connectivity index (χ2v) is 7.11. The van der Waals surface area contributed by atoms with Crippen LogP contribution in [0.15, 0.2) is 51.7 Å². The molecule has 0 amide bonds. The highest BCUT2D eigenvalue weighted by atomic mass is 16.4. The van der Waals surface area contributed by atoms with Gasteiger partial charge in [-0.05, 0) is 43.4 Å². The van der Waals surface area contributed by atoms with Crippen molar-refractivity contribution in [2.75, 3.05) is 0 Å². The summed E-state index contributed by atoms with van der Waals surface area (Å²) in [7, 11) is 0. The largest absolute Gasteiger partial charge is 0.422 e. The number of aryl methyl sites for hydroxylation is 3. The SMILES string of the molecule is Cc1ccc2c(C[NH2+][C@@H]3CCCc4ccccc43)cc(=O)oc2c1C. The number of hydrogen-bond acceptors (Lipinski definition) is 2. The van der Waals surface area contributed by atoms with Crippen LogP contribution in [0.3, 0.4) is 0 Å². The molecule has 1 aliphatic carbocycles. The molecule has 2 N–H and O–H groups in total. The lowest BCUT2D eigenvalue weighted by Crippen LogP contribution is -2.84. The van der Waals surface area contributed by atoms with E-state index in [1.165, 1.54) is 30.4 Å². The Labute approximate surface area is 147 Å². The Balaban J connectivity index is 1.66. The molecule has 1 aromatic heterocycles. The van der Waals surface area contributed by atoms with E-state index in [1.54, 1.807) is 6.07 Å². The van der Waals surface area contributed by atoms with E-state index in [1.807, 2.05) is 13.8 Å². The molecule has 128 valence electrons. The maximum atomic E-state index is 12.0. The minimum atomic E-state index is -0.256. The van der Waals surface area contributed by atoms with E-state index in [4.69, 9.17) is 4.42 Å². The van der Waals surface area contributed by atoms with E-state index < -0.39 is 0 Å². The molecule has 0 spiro atoms. The molecule has 0 bridgehead atoms. The van der Waals surface area contributed by atoms with Gasteiger partial charge in [-0.2, -0.15) is 0 Å². The van der Waals surface area contributed by atoms with Gasteiger partial charge in [-0.25, -0.2) is 4.79 Å². The van der Waals surface area contributed by atoms with Crippen LogP contribution in [0.1, 0.15) is 46.7 Å². The predicted molar refractivity (Wildman–Crippen MR) is 99.7 cm³/mol. The number of hydrogen-bond donors (Lipinski definition) is 1. The Hall–Kier alpha value is -2.39. The maximum Gasteiger partial charge on any atom is 0.336 e. The minimum Gasteiger partial charge on any atom is -0.422 e. The van der Waals surface area contributed by atoms with Gasteiger partial charge in [0, 0.05) is 29.0 Å². The molecular weight excluding hydrogens is 310 g/mol. The number of quaternary nitrogens is 1. The lowest BCUT2D eigenvalue weighted by Gasteiger charge is -2.23. The first-order chi connectivity index (χ1) is 12.1. The maximum absolute atomic E-state index is 12.0. The fourth-order valence-electron chi connectivity index (χ4n) is 4.00. The summed E-state index contributed by atoms with van der Waals surface area (Å²) in [4.78, 5) is 12.0. The van der Waals surface area contributed by atoms with Gasteiger partial charge in [0.2, 0.25) is 0 Å². The summed E-state index contributed by atoms with van der Waals surface area (Å²) in [5.41, 5.74) is 6.68. The lowest BCUT2D eigenvalue weighted by atomic mass is 9.87. The van der Waals surface area contributed by atoms with E-state index in [0.29, 0.717) is 6.04 Å². The summed E-state index contributed by atoms with van der Waals surface area (Å²) in [6.07, 6.45) is 3.60. The fraction of sp³-hybridized carbons (Fsp3) is 0.318. The molecule has 25 heavy (non-hydrogen) atoms. The van der Waals surface area contributed by atoms with Crippen molar-refractivity contribution in [1.82, 2.24) is 0 Å². The smallest absolute Gasteiger partial charge is 0.336 e. The summed E-state index contributed by atoms with van der Waals surface area (Å²) in [6.45, 7) is 4.86. The Morgan fingerprint density at radius 1 is 1.16 bits per heavy atom. The molecule has 0 fully saturated rings. The van der Waals surface area contributed by atoms with Crippen molar-refractivity contribution < 1.29 is 9.73 Å². The van der Waals surface area contributed by atoms with Crippen molar-refractivity contribution in [3.63, 3.8) is 0 Å². The van der Waals surface area contributed by atoms with Crippen LogP contribution >= 0.6 is 0 Å². The molecule has 4 rings (SSSR count). The summed E-state index contributed by atoms with van der Waals surface area (Å²) in [5, 5.41) is 3.43. The summed E-state index contributed by atoms with van der Waals surface area (Å²) in [5.74, 6) is 0. The lowest BCUT2D eigenvalue weighted by molar-refractivity contribution is -0.712. The zero-order chi connectivity index (χ0) is 17.4. The van der Waals surface area contributed by atoms with Crippen molar-refractivity contribution in [3.8, 4) is 0 Å². The first-order valence-corrected chi connectivity index (χ1v) is 9.07. The van der Waals surface area contributed by atoms with Crippen LogP contribution < -0.4 is 10.9 Å². The first kappa shape index (κ1) is 16.1. The molecule has 0 unspecified atom stereocenters. The molecule has 3 aromatic rings. The molecule has 3 heteroatoms. The predicted octanol–water partition coefficient (Wildman–Crippen LogP) is 3.55. The molecule has 0 aliphatic heterocycles. The zero-order valence-corrected chi connectivity index (χ0v) is 14.8. The van der Waals surface area contributed by atoms with E-state index in [2.05, 4.69) is 41.7 Å². The number of benzene rings is 2. The van der Waals surface area contributed by atoms with Crippen LogP contribution in [0, 0.1) is 13.8 Å². The molecule has 0 saturated heterocycles. The Morgan fingerprint density at radius 3 is 2.88 bits per heavy atom. The van der Waals surface area contributed by atoms with Gasteiger partial charge >= 0.3 is 5.63 Å². The highest BCUT2D eigenvalue weighted by Gasteiger charge is 2.22. The zero-order valence-electron chi connectivity index (χ0n) is 14.8. The van der Waals surface area contributed by atoms with Crippen LogP contribution in [-0.4, -0.2) is 0 Å². The average Bonchev–Trinajstić information content (AvgIpc) is 2.63. The van der Waals surface area contributed by atoms with Gasteiger partial charge in [0.15, 0.2) is 0 Å². The van der Waals surface area contributed by atoms with E-state index in [-0.39, 0.29) is 5.63 Å². The van der Waals surface area contributed by atoms with Gasteiger partial charge in [-0.15, -0.1) is 0 Å². The number of nitrogens with two attached hydrogens (primary N) is 1. The van der Waals surface area contributed by atoms with Crippen molar-refractivity contribution in [3.05, 3.63) is 80.7 Å². The molecular formula is C22H24NO2+. The van der Waals surface area contributed by atoms with Gasteiger partial charge in [0.1, 0.15) is 18.2 Å². The van der Waals surface area contributed by atoms with E-state index in [9.17, 15) is 4.79 Å². The molecule has 1 atom stereocenters. The van der Waals surface area contributed by atoms with Crippen molar-refractivity contribution in [2.45, 2.75) is 45.7 Å². The quantitative estimate of drug-likeness (QED) is 0.745. The first-order valence-electron chi connectivity index (χ1n) is 9.07. The molecule has 0 saturated carbocycles. The third-order valence-electron chi connectivity index (χ3n) is 5.56. The Kier molecular flexibility index (Phi) is 4.18. The third kappa shape index (κ3) is 3.00. The Bertz CT molecular complexity index is 987. The topological polar surface area (TPSA) is 46.8 Å². The molecule has 0 radical (unpaired) electrons. The highest BCUT2D eigenvalue weighted by molar-refractivity contribution is 5.83. The van der Waals surface area contributed by atoms with E-state index in [0.717, 1.165) is 34.2 Å². The van der Waals surface area contributed by atoms with Crippen molar-refractivity contribution in [2.24, 2.45) is 0 Å². The molecule has 1 heterocycles. The standard InChI is InChI=1S/C22H23NO2/c1-14-10-11-19-17(12-21(24)25-22(19)15(14)2)13-23-20-9-5-7-16-6-3-4-8-18(16)20/h3-4,6,8,10-12,20,23H,5,7,9,13H2,1-2H3/p+1/t20-/m1/s1. The molecule has 2 aromatic carbocycles. The van der Waals surface area contributed by atoms with Crippen LogP contribution in [0.2, 0.25) is 0 Å². The number of rotatable bonds is 3. The van der Waals surface area contributed by atoms with Gasteiger partial charge in [0.25, 0.3) is 0 Å². The summed E-state index contributed by atoms with van der Waals surface area (Å²) in [6, 6.07) is 15.1. The van der Waals surface area contributed by atoms with Crippen LogP contribution in [0.5, 0.6) is 0 Å². The summed E-state index contributed by atoms with van der Waals surface area (Å²) < 4.78 is 5.49. The van der Waals surface area contributed by atoms with Gasteiger partial charge < -0.3 is 9.73 Å². The van der Waals surface area contributed by atoms with Gasteiger partial charge in [-0.1, -0.05) is 36.4 Å². The monoisotopic (exact) mass is 334 g/mol. The normalized spacial score (nSPS) is 16.8. The van der Waals surface area contributed by atoms with Crippen molar-refractivity contribution in [1.29, 1.82) is 0 Å². The second kappa shape index (κ2) is 6.49. The summed E-state index contributed by atoms with van der Waals surface area (Å²) >= 11 is 0. The minimum absolute atomic E-state index is 0.256.